The van der Waals surface area contributed by atoms with Gasteiger partial charge < -0.3 is 10.2 Å². The topological polar surface area (TPSA) is 53.4 Å². The van der Waals surface area contributed by atoms with E-state index in [1.54, 1.807) is 24.4 Å². The fourth-order valence-corrected chi connectivity index (χ4v) is 3.56. The van der Waals surface area contributed by atoms with Gasteiger partial charge in [-0.1, -0.05) is 115 Å². The van der Waals surface area contributed by atoms with Gasteiger partial charge in [0.2, 0.25) is 0 Å². The summed E-state index contributed by atoms with van der Waals surface area (Å²) in [5.74, 6) is 0.589. The molecule has 0 spiro atoms. The molecule has 0 saturated carbocycles. The summed E-state index contributed by atoms with van der Waals surface area (Å²) in [6.45, 7) is 0. The number of fused-ring (bicyclic) bond motifs is 2. The first-order valence-corrected chi connectivity index (χ1v) is 11.0. The van der Waals surface area contributed by atoms with Crippen LogP contribution in [0.4, 0.5) is 0 Å². The molecule has 1 aromatic heterocycles. The van der Waals surface area contributed by atoms with Crippen molar-refractivity contribution >= 4 is 39.0 Å². The van der Waals surface area contributed by atoms with Crippen LogP contribution in [0.1, 0.15) is 0 Å². The number of hydrogen-bond acceptors (Lipinski definition) is 3. The van der Waals surface area contributed by atoms with Crippen LogP contribution in [0, 0.1) is 0 Å². The summed E-state index contributed by atoms with van der Waals surface area (Å²) >= 11 is 0. The lowest BCUT2D eigenvalue weighted by molar-refractivity contribution is 0.480. The molecule has 1 heterocycles. The minimum Gasteiger partial charge on any atom is -0.507 e. The molecule has 0 fully saturated rings. The predicted molar refractivity (Wildman–Crippen MR) is 147 cm³/mol. The van der Waals surface area contributed by atoms with Crippen LogP contribution < -0.4 is 0 Å². The Morgan fingerprint density at radius 2 is 0.914 bits per heavy atom. The lowest BCUT2D eigenvalue weighted by Gasteiger charge is -1.98. The number of phenolic OH excluding ortho intramolecular Hbond substituents is 2. The van der Waals surface area contributed by atoms with E-state index in [4.69, 9.17) is 0 Å². The second kappa shape index (κ2) is 13.0. The van der Waals surface area contributed by atoms with Crippen molar-refractivity contribution in [2.24, 2.45) is 0 Å². The molecule has 0 aliphatic heterocycles. The first kappa shape index (κ1) is 25.5. The highest BCUT2D eigenvalue weighted by atomic mass is 27.0. The van der Waals surface area contributed by atoms with E-state index in [9.17, 15) is 10.2 Å². The second-order valence-corrected chi connectivity index (χ2v) is 7.58. The van der Waals surface area contributed by atoms with Gasteiger partial charge in [0.05, 0.1) is 0 Å². The van der Waals surface area contributed by atoms with Gasteiger partial charge in [0.1, 0.15) is 17.0 Å². The van der Waals surface area contributed by atoms with Crippen LogP contribution in [0.15, 0.2) is 140 Å². The summed E-state index contributed by atoms with van der Waals surface area (Å²) in [6, 6.07) is 43.2. The van der Waals surface area contributed by atoms with E-state index in [0.29, 0.717) is 11.3 Å². The van der Waals surface area contributed by atoms with Crippen LogP contribution in [0.5, 0.6) is 11.5 Å². The summed E-state index contributed by atoms with van der Waals surface area (Å²) < 4.78 is 0. The van der Waals surface area contributed by atoms with Crippen molar-refractivity contribution in [2.75, 3.05) is 0 Å². The molecule has 0 aliphatic rings. The molecule has 3 nitrogen and oxygen atoms in total. The zero-order valence-corrected chi connectivity index (χ0v) is 20.4. The van der Waals surface area contributed by atoms with Gasteiger partial charge in [0.25, 0.3) is 0 Å². The monoisotopic (exact) mass is 470 g/mol. The molecule has 5 aromatic carbocycles. The van der Waals surface area contributed by atoms with Crippen LogP contribution in [-0.4, -0.2) is 32.6 Å². The van der Waals surface area contributed by atoms with Gasteiger partial charge in [-0.25, -0.2) is 0 Å². The largest absolute Gasteiger partial charge is 0.507 e. The third-order valence-corrected chi connectivity index (χ3v) is 5.26. The molecule has 0 aliphatic carbocycles. The lowest BCUT2D eigenvalue weighted by Crippen LogP contribution is -1.76. The third-order valence-electron chi connectivity index (χ3n) is 5.26. The predicted octanol–water partition coefficient (Wildman–Crippen LogP) is 7.46. The quantitative estimate of drug-likeness (QED) is 0.245. The minimum absolute atomic E-state index is 0. The van der Waals surface area contributed by atoms with Gasteiger partial charge in [0.15, 0.2) is 0 Å². The summed E-state index contributed by atoms with van der Waals surface area (Å²) in [4.78, 5) is 4.03. The molecule has 0 amide bonds. The van der Waals surface area contributed by atoms with Crippen molar-refractivity contribution in [3.63, 3.8) is 0 Å². The maximum absolute atomic E-state index is 9.37. The van der Waals surface area contributed by atoms with Gasteiger partial charge in [0, 0.05) is 34.3 Å². The van der Waals surface area contributed by atoms with Crippen molar-refractivity contribution in [1.82, 2.24) is 4.98 Å². The van der Waals surface area contributed by atoms with E-state index in [0.717, 1.165) is 16.2 Å². The van der Waals surface area contributed by atoms with Crippen molar-refractivity contribution in [1.29, 1.82) is 0 Å². The molecule has 0 unspecified atom stereocenters. The zero-order chi connectivity index (χ0) is 23.6. The van der Waals surface area contributed by atoms with Crippen LogP contribution in [0.3, 0.4) is 0 Å². The van der Waals surface area contributed by atoms with E-state index in [1.807, 2.05) is 66.7 Å². The number of phenols is 2. The van der Waals surface area contributed by atoms with Crippen LogP contribution in [0.2, 0.25) is 0 Å². The Bertz CT molecular complexity index is 1350. The molecule has 3 radical (unpaired) electrons. The fourth-order valence-electron chi connectivity index (χ4n) is 3.56. The summed E-state index contributed by atoms with van der Waals surface area (Å²) in [5, 5.41) is 21.6. The highest BCUT2D eigenvalue weighted by Crippen LogP contribution is 2.23. The lowest BCUT2D eigenvalue weighted by atomic mass is 10.1. The fraction of sp³-hybridized carbons (Fsp3) is 0. The first-order valence-electron chi connectivity index (χ1n) is 11.0. The average molecular weight is 471 g/mol. The van der Waals surface area contributed by atoms with E-state index in [1.165, 1.54) is 11.1 Å². The molecule has 169 valence electrons. The number of benzene rings is 5. The Morgan fingerprint density at radius 3 is 1.51 bits per heavy atom. The number of aromatic nitrogens is 1. The highest BCUT2D eigenvalue weighted by Gasteiger charge is 1.96. The molecular formula is C31H25AlNO2. The molecule has 6 aromatic rings. The van der Waals surface area contributed by atoms with Crippen molar-refractivity contribution in [2.45, 2.75) is 0 Å². The first-order chi connectivity index (χ1) is 16.7. The maximum Gasteiger partial charge on any atom is 0.141 e. The Kier molecular flexibility index (Phi) is 9.45. The Balaban J connectivity index is 0.000000145. The number of pyridine rings is 1. The number of para-hydroxylation sites is 1. The number of hydrogen-bond donors (Lipinski definition) is 2. The Labute approximate surface area is 216 Å². The molecule has 4 heteroatoms. The van der Waals surface area contributed by atoms with Gasteiger partial charge in [-0.2, -0.15) is 0 Å². The molecule has 2 N–H and O–H groups in total. The summed E-state index contributed by atoms with van der Waals surface area (Å²) in [6.07, 6.45) is 1.67. The number of nitrogens with zero attached hydrogens (tertiary/aromatic N) is 1. The SMILES string of the molecule is Oc1cccc2ccccc12.Oc1cccc2cccnc12.[Al].c1ccc(-c2ccccc2)cc1. The highest BCUT2D eigenvalue weighted by molar-refractivity contribution is 5.87. The molecule has 6 rings (SSSR count). The molecule has 0 saturated heterocycles. The van der Waals surface area contributed by atoms with Gasteiger partial charge in [-0.05, 0) is 34.7 Å². The molecule has 0 bridgehead atoms. The van der Waals surface area contributed by atoms with Gasteiger partial charge in [-0.3, -0.25) is 4.98 Å². The van der Waals surface area contributed by atoms with Crippen LogP contribution in [0.25, 0.3) is 32.8 Å². The molecule has 35 heavy (non-hydrogen) atoms. The van der Waals surface area contributed by atoms with Crippen LogP contribution >= 0.6 is 0 Å². The Morgan fingerprint density at radius 1 is 0.429 bits per heavy atom. The van der Waals surface area contributed by atoms with Crippen LogP contribution in [-0.2, 0) is 0 Å². The van der Waals surface area contributed by atoms with Crippen molar-refractivity contribution in [3.05, 3.63) is 140 Å². The number of aromatic hydroxyl groups is 2. The summed E-state index contributed by atoms with van der Waals surface area (Å²) in [5.41, 5.74) is 3.21. The van der Waals surface area contributed by atoms with Gasteiger partial charge >= 0.3 is 0 Å². The standard InChI is InChI=1S/C12H10.C10H8O.C9H7NO.Al/c1-3-7-11(8-4-1)12-9-5-2-6-10-12;11-10-7-3-5-8-4-1-2-6-9(8)10;11-8-5-1-3-7-4-2-6-10-9(7)8;/h1-10H;1-7,11H;1-6,11H;. The average Bonchev–Trinajstić information content (AvgIpc) is 2.91. The van der Waals surface area contributed by atoms with E-state index in [2.05, 4.69) is 53.5 Å². The van der Waals surface area contributed by atoms with E-state index < -0.39 is 0 Å². The zero-order valence-electron chi connectivity index (χ0n) is 19.2. The maximum atomic E-state index is 9.37. The second-order valence-electron chi connectivity index (χ2n) is 7.58. The van der Waals surface area contributed by atoms with Gasteiger partial charge in [-0.15, -0.1) is 0 Å². The normalized spacial score (nSPS) is 9.71. The van der Waals surface area contributed by atoms with Crippen molar-refractivity contribution in [3.8, 4) is 22.6 Å². The van der Waals surface area contributed by atoms with E-state index >= 15 is 0 Å². The smallest absolute Gasteiger partial charge is 0.141 e. The summed E-state index contributed by atoms with van der Waals surface area (Å²) in [7, 11) is 0. The van der Waals surface area contributed by atoms with Crippen molar-refractivity contribution < 1.29 is 10.2 Å². The molecule has 0 atom stereocenters. The number of rotatable bonds is 1. The third kappa shape index (κ3) is 6.94. The molecular weight excluding hydrogens is 445 g/mol. The minimum atomic E-state index is 0. The van der Waals surface area contributed by atoms with E-state index in [-0.39, 0.29) is 23.1 Å². The Hall–Kier alpha value is -4.10.